The Kier molecular flexibility index (Phi) is 9.09. The van der Waals surface area contributed by atoms with Crippen LogP contribution in [0.15, 0.2) is 65.7 Å². The summed E-state index contributed by atoms with van der Waals surface area (Å²) >= 11 is 0. The van der Waals surface area contributed by atoms with Crippen molar-refractivity contribution in [2.75, 3.05) is 19.8 Å². The summed E-state index contributed by atoms with van der Waals surface area (Å²) in [6, 6.07) is 14.5. The lowest BCUT2D eigenvalue weighted by Crippen LogP contribution is -2.64. The van der Waals surface area contributed by atoms with Crippen LogP contribution in [0.2, 0.25) is 0 Å². The molecule has 4 fully saturated rings. The van der Waals surface area contributed by atoms with Gasteiger partial charge in [0.1, 0.15) is 18.5 Å². The molecule has 2 N–H and O–H groups in total. The van der Waals surface area contributed by atoms with E-state index in [2.05, 4.69) is 17.6 Å². The number of aldehydes is 1. The third kappa shape index (κ3) is 5.81. The summed E-state index contributed by atoms with van der Waals surface area (Å²) in [5, 5.41) is 5.44. The zero-order valence-corrected chi connectivity index (χ0v) is 29.7. The minimum Gasteiger partial charge on any atom is -0.458 e. The van der Waals surface area contributed by atoms with Gasteiger partial charge in [-0.1, -0.05) is 49.4 Å². The number of unbranched alkanes of at least 4 members (excludes halogenated alkanes) is 1. The van der Waals surface area contributed by atoms with E-state index in [-0.39, 0.29) is 53.6 Å². The van der Waals surface area contributed by atoms with Crippen molar-refractivity contribution in [1.82, 2.24) is 10.6 Å². The maximum atomic E-state index is 14.0. The summed E-state index contributed by atoms with van der Waals surface area (Å²) in [7, 11) is 0. The van der Waals surface area contributed by atoms with Gasteiger partial charge in [-0.3, -0.25) is 14.4 Å². The SMILES string of the molecule is C[C@]12CCC3=C(COC3=O)C1C[C@@H]1O[C@@]13C(=O)C(CCCOC(=O)NCCCC[C@@H](C=O)NC(=O)c1ccc(C(=O)c4ccccc4)cc1)C[C@@H]1O[C@]123. The zero-order valence-electron chi connectivity index (χ0n) is 29.7. The molecule has 2 amide bonds. The van der Waals surface area contributed by atoms with Crippen molar-refractivity contribution in [1.29, 1.82) is 0 Å². The smallest absolute Gasteiger partial charge is 0.407 e. The van der Waals surface area contributed by atoms with E-state index >= 15 is 0 Å². The molecule has 6 aliphatic rings. The second-order valence-electron chi connectivity index (χ2n) is 15.5. The van der Waals surface area contributed by atoms with Crippen LogP contribution in [-0.4, -0.2) is 85.0 Å². The van der Waals surface area contributed by atoms with Crippen LogP contribution < -0.4 is 10.6 Å². The Morgan fingerprint density at radius 3 is 2.47 bits per heavy atom. The van der Waals surface area contributed by atoms with E-state index in [9.17, 15) is 28.8 Å². The molecular weight excluding hydrogens is 680 g/mol. The van der Waals surface area contributed by atoms with Gasteiger partial charge >= 0.3 is 12.1 Å². The first-order valence-corrected chi connectivity index (χ1v) is 18.8. The van der Waals surface area contributed by atoms with Gasteiger partial charge < -0.3 is 34.4 Å². The number of hydrogen-bond acceptors (Lipinski definition) is 10. The van der Waals surface area contributed by atoms with Crippen molar-refractivity contribution < 1.29 is 47.7 Å². The fourth-order valence-corrected chi connectivity index (χ4v) is 9.91. The van der Waals surface area contributed by atoms with Crippen molar-refractivity contribution in [3.05, 3.63) is 82.4 Å². The van der Waals surface area contributed by atoms with Crippen LogP contribution in [0.25, 0.3) is 0 Å². The molecule has 2 spiro atoms. The molecule has 3 aliphatic carbocycles. The number of hydrogen-bond donors (Lipinski definition) is 2. The van der Waals surface area contributed by atoms with Gasteiger partial charge in [0.05, 0.1) is 24.9 Å². The first kappa shape index (κ1) is 35.4. The molecule has 0 aromatic heterocycles. The highest BCUT2D eigenvalue weighted by atomic mass is 16.7. The van der Waals surface area contributed by atoms with E-state index in [1.165, 1.54) is 0 Å². The standard InChI is InChI=1S/C41H44N2O10/c1-39-17-16-29-30(23-51-37(29)48)31(39)21-32-40(52-32)35(46)27(20-33-41(39,40)53-33)10-7-19-50-38(49)42-18-6-5-11-28(22-44)43-36(47)26-14-12-25(13-15-26)34(45)24-8-3-2-4-9-24/h2-4,8-9,12-15,22,27-28,31-33H,5-7,10-11,16-21,23H2,1H3,(H,42,49)(H,43,47)/t27?,28-,31?,32-,33-,39-,40+,41+/m0/s1. The van der Waals surface area contributed by atoms with Crippen molar-refractivity contribution in [3.63, 3.8) is 0 Å². The average Bonchev–Trinajstić information content (AvgIpc) is 4.07. The van der Waals surface area contributed by atoms with Gasteiger partial charge in [0.2, 0.25) is 0 Å². The fraction of sp³-hybridized carbons (Fsp3) is 0.512. The number of alkyl carbamates (subject to hydrolysis) is 1. The molecule has 2 saturated heterocycles. The topological polar surface area (TPSA) is 170 Å². The highest BCUT2D eigenvalue weighted by Crippen LogP contribution is 2.78. The zero-order chi connectivity index (χ0) is 37.0. The van der Waals surface area contributed by atoms with Gasteiger partial charge in [-0.15, -0.1) is 0 Å². The second-order valence-corrected chi connectivity index (χ2v) is 15.5. The van der Waals surface area contributed by atoms with Gasteiger partial charge in [-0.25, -0.2) is 9.59 Å². The molecule has 3 aliphatic heterocycles. The monoisotopic (exact) mass is 724 g/mol. The summed E-state index contributed by atoms with van der Waals surface area (Å²) in [6.45, 7) is 3.06. The van der Waals surface area contributed by atoms with Crippen LogP contribution in [0.1, 0.15) is 91.0 Å². The van der Waals surface area contributed by atoms with E-state index in [1.807, 2.05) is 6.07 Å². The maximum absolute atomic E-state index is 14.0. The van der Waals surface area contributed by atoms with Gasteiger partial charge in [0, 0.05) is 40.1 Å². The quantitative estimate of drug-likeness (QED) is 0.0935. The molecular formula is C41H44N2O10. The first-order chi connectivity index (χ1) is 25.6. The van der Waals surface area contributed by atoms with Crippen LogP contribution in [0, 0.1) is 17.3 Å². The maximum Gasteiger partial charge on any atom is 0.407 e. The minimum absolute atomic E-state index is 0.0665. The number of benzene rings is 2. The van der Waals surface area contributed by atoms with Crippen LogP contribution in [-0.2, 0) is 33.3 Å². The van der Waals surface area contributed by atoms with Crippen molar-refractivity contribution in [2.24, 2.45) is 17.3 Å². The summed E-state index contributed by atoms with van der Waals surface area (Å²) in [6.07, 6.45) is 5.27. The second kappa shape index (κ2) is 13.6. The van der Waals surface area contributed by atoms with Crippen molar-refractivity contribution in [2.45, 2.75) is 94.2 Å². The number of carbonyl (C=O) groups excluding carboxylic acids is 6. The average molecular weight is 725 g/mol. The summed E-state index contributed by atoms with van der Waals surface area (Å²) < 4.78 is 23.6. The molecule has 53 heavy (non-hydrogen) atoms. The Labute approximate surface area is 307 Å². The highest BCUT2D eigenvalue weighted by molar-refractivity contribution is 6.09. The Balaban J connectivity index is 0.728. The molecule has 0 radical (unpaired) electrons. The molecule has 12 heteroatoms. The number of Topliss-reactive ketones (excluding diaryl/α,β-unsaturated/α-hetero) is 1. The van der Waals surface area contributed by atoms with E-state index in [0.717, 1.165) is 17.6 Å². The van der Waals surface area contributed by atoms with Crippen molar-refractivity contribution >= 4 is 35.8 Å². The van der Waals surface area contributed by atoms with E-state index in [1.54, 1.807) is 48.5 Å². The predicted octanol–water partition coefficient (Wildman–Crippen LogP) is 4.43. The summed E-state index contributed by atoms with van der Waals surface area (Å²) in [5.41, 5.74) is 1.41. The highest BCUT2D eigenvalue weighted by Gasteiger charge is 2.93. The van der Waals surface area contributed by atoms with Gasteiger partial charge in [0.15, 0.2) is 17.2 Å². The summed E-state index contributed by atoms with van der Waals surface area (Å²) in [4.78, 5) is 75.6. The van der Waals surface area contributed by atoms with Crippen LogP contribution in [0.4, 0.5) is 4.79 Å². The number of esters is 1. The molecule has 2 saturated carbocycles. The lowest BCUT2D eigenvalue weighted by molar-refractivity contribution is -0.138. The molecule has 2 aromatic rings. The fourth-order valence-electron chi connectivity index (χ4n) is 9.91. The number of ketones is 2. The Morgan fingerprint density at radius 1 is 0.943 bits per heavy atom. The molecule has 12 nitrogen and oxygen atoms in total. The number of epoxide rings is 2. The number of ether oxygens (including phenoxy) is 4. The van der Waals surface area contributed by atoms with E-state index < -0.39 is 29.2 Å². The number of rotatable bonds is 14. The van der Waals surface area contributed by atoms with Crippen molar-refractivity contribution in [3.8, 4) is 0 Å². The lowest BCUT2D eigenvalue weighted by Gasteiger charge is -2.52. The third-order valence-electron chi connectivity index (χ3n) is 12.7. The molecule has 8 rings (SSSR count). The van der Waals surface area contributed by atoms with Crippen LogP contribution >= 0.6 is 0 Å². The number of fused-ring (bicyclic) bond motifs is 2. The normalized spacial score (nSPS) is 32.1. The Hall–Kier alpha value is -4.68. The van der Waals surface area contributed by atoms with Crippen LogP contribution in [0.3, 0.4) is 0 Å². The van der Waals surface area contributed by atoms with Gasteiger partial charge in [-0.05, 0) is 81.4 Å². The number of nitrogens with one attached hydrogen (secondary N) is 2. The Bertz CT molecular complexity index is 1880. The van der Waals surface area contributed by atoms with Crippen LogP contribution in [0.5, 0.6) is 0 Å². The van der Waals surface area contributed by atoms with Gasteiger partial charge in [0.25, 0.3) is 5.91 Å². The third-order valence-corrected chi connectivity index (χ3v) is 12.7. The van der Waals surface area contributed by atoms with Gasteiger partial charge in [-0.2, -0.15) is 0 Å². The summed E-state index contributed by atoms with van der Waals surface area (Å²) in [5.74, 6) is -0.763. The van der Waals surface area contributed by atoms with E-state index in [0.29, 0.717) is 87.5 Å². The Morgan fingerprint density at radius 2 is 1.70 bits per heavy atom. The molecule has 2 aromatic carbocycles. The molecule has 2 unspecified atom stereocenters. The van der Waals surface area contributed by atoms with E-state index in [4.69, 9.17) is 18.9 Å². The number of carbonyl (C=O) groups is 6. The minimum atomic E-state index is -0.910. The first-order valence-electron chi connectivity index (χ1n) is 18.8. The largest absolute Gasteiger partial charge is 0.458 e. The molecule has 0 bridgehead atoms. The molecule has 8 atom stereocenters. The number of amides is 2. The molecule has 3 heterocycles. The molecule has 278 valence electrons. The predicted molar refractivity (Wildman–Crippen MR) is 188 cm³/mol. The number of cyclic esters (lactones) is 1. The lowest BCUT2D eigenvalue weighted by atomic mass is 9.47.